The van der Waals surface area contributed by atoms with E-state index >= 15 is 0 Å². The van der Waals surface area contributed by atoms with Crippen molar-refractivity contribution >= 4 is 21.8 Å². The highest BCUT2D eigenvalue weighted by Gasteiger charge is 2.25. The van der Waals surface area contributed by atoms with Crippen molar-refractivity contribution in [2.24, 2.45) is 0 Å². The molecular formula is C21H24BrNO2. The summed E-state index contributed by atoms with van der Waals surface area (Å²) in [5.74, 6) is 0.213. The first kappa shape index (κ1) is 18.2. The summed E-state index contributed by atoms with van der Waals surface area (Å²) in [7, 11) is 0. The van der Waals surface area contributed by atoms with E-state index in [1.807, 2.05) is 17.0 Å². The molecular weight excluding hydrogens is 378 g/mol. The highest BCUT2D eigenvalue weighted by atomic mass is 79.9. The second kappa shape index (κ2) is 8.63. The number of carbonyl (C=O) groups excluding carboxylic acids is 1. The Morgan fingerprint density at radius 2 is 1.80 bits per heavy atom. The van der Waals surface area contributed by atoms with Gasteiger partial charge in [-0.15, -0.1) is 0 Å². The third-order valence-corrected chi connectivity index (χ3v) is 5.25. The van der Waals surface area contributed by atoms with E-state index < -0.39 is 0 Å². The van der Waals surface area contributed by atoms with Crippen molar-refractivity contribution in [2.45, 2.75) is 32.3 Å². The largest absolute Gasteiger partial charge is 0.370 e. The van der Waals surface area contributed by atoms with Gasteiger partial charge in [-0.3, -0.25) is 4.79 Å². The highest BCUT2D eigenvalue weighted by Crippen LogP contribution is 2.24. The van der Waals surface area contributed by atoms with Crippen molar-refractivity contribution in [3.63, 3.8) is 0 Å². The van der Waals surface area contributed by atoms with Crippen molar-refractivity contribution in [1.29, 1.82) is 0 Å². The minimum atomic E-state index is -0.0327. The Kier molecular flexibility index (Phi) is 6.27. The molecule has 0 radical (unpaired) electrons. The summed E-state index contributed by atoms with van der Waals surface area (Å²) in [6, 6.07) is 16.7. The first-order valence-electron chi connectivity index (χ1n) is 8.88. The maximum absolute atomic E-state index is 12.6. The van der Waals surface area contributed by atoms with Crippen LogP contribution in [0.3, 0.4) is 0 Å². The van der Waals surface area contributed by atoms with Gasteiger partial charge in [-0.25, -0.2) is 0 Å². The zero-order valence-electron chi connectivity index (χ0n) is 14.6. The van der Waals surface area contributed by atoms with Gasteiger partial charge in [-0.1, -0.05) is 59.3 Å². The fraction of sp³-hybridized carbons (Fsp3) is 0.381. The fourth-order valence-corrected chi connectivity index (χ4v) is 3.37. The molecule has 0 spiro atoms. The van der Waals surface area contributed by atoms with Crippen LogP contribution in [0.5, 0.6) is 0 Å². The number of amides is 1. The van der Waals surface area contributed by atoms with Crippen LogP contribution in [0.1, 0.15) is 36.1 Å². The smallest absolute Gasteiger partial charge is 0.223 e. The van der Waals surface area contributed by atoms with E-state index in [1.54, 1.807) is 0 Å². The van der Waals surface area contributed by atoms with Crippen LogP contribution in [0.25, 0.3) is 0 Å². The first-order chi connectivity index (χ1) is 12.2. The molecule has 1 saturated heterocycles. The maximum Gasteiger partial charge on any atom is 0.223 e. The zero-order valence-corrected chi connectivity index (χ0v) is 16.2. The summed E-state index contributed by atoms with van der Waals surface area (Å²) in [4.78, 5) is 14.5. The molecule has 1 fully saturated rings. The number of benzene rings is 2. The minimum absolute atomic E-state index is 0.0327. The lowest BCUT2D eigenvalue weighted by molar-refractivity contribution is -0.139. The van der Waals surface area contributed by atoms with Crippen LogP contribution in [0, 0.1) is 0 Å². The number of hydrogen-bond acceptors (Lipinski definition) is 2. The molecule has 0 aromatic heterocycles. The maximum atomic E-state index is 12.6. The Bertz CT molecular complexity index is 697. The highest BCUT2D eigenvalue weighted by molar-refractivity contribution is 9.10. The topological polar surface area (TPSA) is 29.5 Å². The molecule has 25 heavy (non-hydrogen) atoms. The molecule has 1 aliphatic rings. The quantitative estimate of drug-likeness (QED) is 0.735. The van der Waals surface area contributed by atoms with E-state index in [1.165, 1.54) is 11.1 Å². The van der Waals surface area contributed by atoms with Crippen LogP contribution in [0.15, 0.2) is 53.0 Å². The number of carbonyl (C=O) groups is 1. The predicted octanol–water partition coefficient (Wildman–Crippen LogP) is 4.54. The van der Waals surface area contributed by atoms with E-state index in [0.717, 1.165) is 22.9 Å². The normalized spacial score (nSPS) is 17.5. The Morgan fingerprint density at radius 3 is 2.48 bits per heavy atom. The van der Waals surface area contributed by atoms with Crippen LogP contribution in [0.4, 0.5) is 0 Å². The van der Waals surface area contributed by atoms with Crippen LogP contribution in [-0.2, 0) is 22.4 Å². The summed E-state index contributed by atoms with van der Waals surface area (Å²) in [6.07, 6.45) is 2.36. The molecule has 1 unspecified atom stereocenters. The number of ether oxygens (including phenoxy) is 1. The second-order valence-electron chi connectivity index (χ2n) is 6.42. The predicted molar refractivity (Wildman–Crippen MR) is 104 cm³/mol. The summed E-state index contributed by atoms with van der Waals surface area (Å²) in [6.45, 7) is 4.06. The second-order valence-corrected chi connectivity index (χ2v) is 7.34. The molecule has 0 saturated carbocycles. The van der Waals surface area contributed by atoms with Gasteiger partial charge in [0.2, 0.25) is 5.91 Å². The van der Waals surface area contributed by atoms with Crippen LogP contribution < -0.4 is 0 Å². The van der Waals surface area contributed by atoms with E-state index in [-0.39, 0.29) is 12.0 Å². The van der Waals surface area contributed by atoms with Gasteiger partial charge in [-0.2, -0.15) is 0 Å². The van der Waals surface area contributed by atoms with Gasteiger partial charge < -0.3 is 9.64 Å². The number of halogens is 1. The van der Waals surface area contributed by atoms with Crippen molar-refractivity contribution in [2.75, 3.05) is 19.7 Å². The SMILES string of the molecule is CCc1ccc(CCC(=O)N2CCOC(c3ccc(Br)cc3)C2)cc1. The van der Waals surface area contributed by atoms with E-state index in [4.69, 9.17) is 4.74 Å². The molecule has 1 heterocycles. The van der Waals surface area contributed by atoms with E-state index in [2.05, 4.69) is 59.3 Å². The summed E-state index contributed by atoms with van der Waals surface area (Å²) in [5, 5.41) is 0. The standard InChI is InChI=1S/C21H24BrNO2/c1-2-16-3-5-17(6-4-16)7-12-21(24)23-13-14-25-20(15-23)18-8-10-19(22)11-9-18/h3-6,8-11,20H,2,7,12-15H2,1H3. The number of hydrogen-bond donors (Lipinski definition) is 0. The van der Waals surface area contributed by atoms with E-state index in [0.29, 0.717) is 26.1 Å². The summed E-state index contributed by atoms with van der Waals surface area (Å²) < 4.78 is 6.91. The molecule has 132 valence electrons. The minimum Gasteiger partial charge on any atom is -0.370 e. The van der Waals surface area contributed by atoms with Crippen LogP contribution in [0.2, 0.25) is 0 Å². The summed E-state index contributed by atoms with van der Waals surface area (Å²) >= 11 is 3.45. The number of morpholine rings is 1. The third kappa shape index (κ3) is 4.93. The molecule has 1 amide bonds. The van der Waals surface area contributed by atoms with Gasteiger partial charge in [0.25, 0.3) is 0 Å². The molecule has 3 rings (SSSR count). The van der Waals surface area contributed by atoms with Gasteiger partial charge >= 0.3 is 0 Å². The van der Waals surface area contributed by atoms with Crippen molar-refractivity contribution < 1.29 is 9.53 Å². The average molecular weight is 402 g/mol. The average Bonchev–Trinajstić information content (AvgIpc) is 2.67. The van der Waals surface area contributed by atoms with Gasteiger partial charge in [0.05, 0.1) is 13.2 Å². The molecule has 2 aromatic carbocycles. The molecule has 0 N–H and O–H groups in total. The lowest BCUT2D eigenvalue weighted by Gasteiger charge is -2.33. The molecule has 0 bridgehead atoms. The molecule has 1 atom stereocenters. The van der Waals surface area contributed by atoms with Crippen LogP contribution >= 0.6 is 15.9 Å². The molecule has 4 heteroatoms. The van der Waals surface area contributed by atoms with Gasteiger partial charge in [-0.05, 0) is 41.7 Å². The molecule has 3 nitrogen and oxygen atoms in total. The monoisotopic (exact) mass is 401 g/mol. The van der Waals surface area contributed by atoms with Crippen molar-refractivity contribution in [1.82, 2.24) is 4.90 Å². The Labute approximate surface area is 158 Å². The molecule has 1 aliphatic heterocycles. The van der Waals surface area contributed by atoms with Gasteiger partial charge in [0.15, 0.2) is 0 Å². The number of nitrogens with zero attached hydrogens (tertiary/aromatic N) is 1. The zero-order chi connectivity index (χ0) is 17.6. The van der Waals surface area contributed by atoms with E-state index in [9.17, 15) is 4.79 Å². The van der Waals surface area contributed by atoms with Crippen molar-refractivity contribution in [3.05, 3.63) is 69.7 Å². The first-order valence-corrected chi connectivity index (χ1v) is 9.67. The molecule has 2 aromatic rings. The Morgan fingerprint density at radius 1 is 1.12 bits per heavy atom. The molecule has 0 aliphatic carbocycles. The van der Waals surface area contributed by atoms with Crippen molar-refractivity contribution in [3.8, 4) is 0 Å². The Hall–Kier alpha value is -1.65. The fourth-order valence-electron chi connectivity index (χ4n) is 3.11. The number of aryl methyl sites for hydroxylation is 2. The third-order valence-electron chi connectivity index (χ3n) is 4.72. The Balaban J connectivity index is 1.55. The van der Waals surface area contributed by atoms with Gasteiger partial charge in [0.1, 0.15) is 6.10 Å². The lowest BCUT2D eigenvalue weighted by Crippen LogP contribution is -2.42. The lowest BCUT2D eigenvalue weighted by atomic mass is 10.0. The van der Waals surface area contributed by atoms with Gasteiger partial charge in [0, 0.05) is 17.4 Å². The number of rotatable bonds is 5. The van der Waals surface area contributed by atoms with Crippen LogP contribution in [-0.4, -0.2) is 30.5 Å². The summed E-state index contributed by atoms with van der Waals surface area (Å²) in [5.41, 5.74) is 3.68.